The molecule has 22 heavy (non-hydrogen) atoms. The third-order valence-electron chi connectivity index (χ3n) is 3.23. The van der Waals surface area contributed by atoms with Crippen LogP contribution in [0.3, 0.4) is 0 Å². The highest BCUT2D eigenvalue weighted by Gasteiger charge is 2.14. The molecule has 0 spiro atoms. The lowest BCUT2D eigenvalue weighted by molar-refractivity contribution is -0.114. The van der Waals surface area contributed by atoms with Crippen molar-refractivity contribution in [2.24, 2.45) is 0 Å². The molecule has 2 aromatic heterocycles. The first-order valence-corrected chi connectivity index (χ1v) is 7.29. The number of allylic oxidation sites excluding steroid dienone is 4. The SMILES string of the molecule is COC1=C/C(=C/c2c(N)n3cc(C)sc3nc2=O)C=CC1=O. The van der Waals surface area contributed by atoms with Gasteiger partial charge in [0.15, 0.2) is 10.7 Å². The lowest BCUT2D eigenvalue weighted by atomic mass is 10.0. The predicted octanol–water partition coefficient (Wildman–Crippen LogP) is 1.70. The van der Waals surface area contributed by atoms with E-state index in [1.165, 1.54) is 24.5 Å². The van der Waals surface area contributed by atoms with E-state index in [2.05, 4.69) is 4.98 Å². The largest absolute Gasteiger partial charge is 0.493 e. The standard InChI is InChI=1S/C15H13N3O3S/c1-8-7-18-13(16)10(14(20)17-15(18)22-8)5-9-3-4-11(19)12(6-9)21-2/h3-7H,16H2,1-2H3/b9-5+. The van der Waals surface area contributed by atoms with Crippen molar-refractivity contribution >= 4 is 34.0 Å². The number of nitrogens with two attached hydrogens (primary N) is 1. The first-order chi connectivity index (χ1) is 10.5. The van der Waals surface area contributed by atoms with E-state index in [9.17, 15) is 9.59 Å². The lowest BCUT2D eigenvalue weighted by Gasteiger charge is -2.08. The number of carbonyl (C=O) groups excluding carboxylic acids is 1. The monoisotopic (exact) mass is 315 g/mol. The molecule has 112 valence electrons. The molecule has 1 aliphatic rings. The molecule has 0 aliphatic heterocycles. The molecule has 0 unspecified atom stereocenters. The zero-order chi connectivity index (χ0) is 15.9. The molecule has 0 atom stereocenters. The van der Waals surface area contributed by atoms with E-state index in [4.69, 9.17) is 10.5 Å². The van der Waals surface area contributed by atoms with Gasteiger partial charge in [0.1, 0.15) is 5.82 Å². The maximum Gasteiger partial charge on any atom is 0.283 e. The highest BCUT2D eigenvalue weighted by atomic mass is 32.1. The Hall–Kier alpha value is -2.67. The van der Waals surface area contributed by atoms with Gasteiger partial charge in [0.05, 0.1) is 12.7 Å². The van der Waals surface area contributed by atoms with Crippen molar-refractivity contribution in [2.45, 2.75) is 6.92 Å². The maximum absolute atomic E-state index is 12.2. The molecule has 1 aliphatic carbocycles. The third-order valence-corrected chi connectivity index (χ3v) is 4.13. The van der Waals surface area contributed by atoms with E-state index in [1.807, 2.05) is 13.1 Å². The Morgan fingerprint density at radius 1 is 1.36 bits per heavy atom. The van der Waals surface area contributed by atoms with Crippen molar-refractivity contribution in [3.8, 4) is 0 Å². The molecule has 3 rings (SSSR count). The Kier molecular flexibility index (Phi) is 3.42. The normalized spacial score (nSPS) is 16.4. The molecule has 0 fully saturated rings. The van der Waals surface area contributed by atoms with E-state index in [-0.39, 0.29) is 17.1 Å². The van der Waals surface area contributed by atoms with Crippen molar-refractivity contribution in [1.82, 2.24) is 9.38 Å². The number of nitrogens with zero attached hydrogens (tertiary/aromatic N) is 2. The summed E-state index contributed by atoms with van der Waals surface area (Å²) in [6.07, 6.45) is 8.00. The minimum Gasteiger partial charge on any atom is -0.493 e. The van der Waals surface area contributed by atoms with Crippen LogP contribution in [-0.4, -0.2) is 22.3 Å². The van der Waals surface area contributed by atoms with Gasteiger partial charge < -0.3 is 10.5 Å². The van der Waals surface area contributed by atoms with Gasteiger partial charge >= 0.3 is 0 Å². The van der Waals surface area contributed by atoms with E-state index < -0.39 is 5.56 Å². The van der Waals surface area contributed by atoms with Crippen LogP contribution in [0.1, 0.15) is 10.4 Å². The zero-order valence-corrected chi connectivity index (χ0v) is 12.8. The molecule has 0 amide bonds. The van der Waals surface area contributed by atoms with E-state index in [0.717, 1.165) is 4.88 Å². The molecule has 7 heteroatoms. The van der Waals surface area contributed by atoms with Crippen LogP contribution < -0.4 is 11.3 Å². The number of ketones is 1. The quantitative estimate of drug-likeness (QED) is 0.911. The van der Waals surface area contributed by atoms with Gasteiger partial charge in [-0.2, -0.15) is 4.98 Å². The van der Waals surface area contributed by atoms with Crippen molar-refractivity contribution in [1.29, 1.82) is 0 Å². The number of rotatable bonds is 2. The number of carbonyl (C=O) groups is 1. The topological polar surface area (TPSA) is 86.7 Å². The molecule has 2 heterocycles. The fraction of sp³-hybridized carbons (Fsp3) is 0.133. The molecule has 0 aromatic carbocycles. The summed E-state index contributed by atoms with van der Waals surface area (Å²) >= 11 is 1.40. The van der Waals surface area contributed by atoms with Gasteiger partial charge in [-0.05, 0) is 30.7 Å². The fourth-order valence-electron chi connectivity index (χ4n) is 2.17. The average Bonchev–Trinajstić information content (AvgIpc) is 2.85. The first-order valence-electron chi connectivity index (χ1n) is 6.47. The van der Waals surface area contributed by atoms with Gasteiger partial charge in [-0.1, -0.05) is 6.08 Å². The Morgan fingerprint density at radius 3 is 2.86 bits per heavy atom. The van der Waals surface area contributed by atoms with Crippen LogP contribution in [0.2, 0.25) is 0 Å². The fourth-order valence-corrected chi connectivity index (χ4v) is 2.99. The number of anilines is 1. The van der Waals surface area contributed by atoms with Gasteiger partial charge in [0, 0.05) is 11.1 Å². The van der Waals surface area contributed by atoms with Gasteiger partial charge in [-0.3, -0.25) is 14.0 Å². The van der Waals surface area contributed by atoms with Crippen LogP contribution in [0.25, 0.3) is 11.0 Å². The van der Waals surface area contributed by atoms with E-state index in [0.29, 0.717) is 16.4 Å². The number of thiazole rings is 1. The van der Waals surface area contributed by atoms with Gasteiger partial charge in [-0.25, -0.2) is 0 Å². The highest BCUT2D eigenvalue weighted by Crippen LogP contribution is 2.22. The van der Waals surface area contributed by atoms with Crippen molar-refractivity contribution in [3.05, 3.63) is 56.6 Å². The van der Waals surface area contributed by atoms with Gasteiger partial charge in [0.25, 0.3) is 5.56 Å². The lowest BCUT2D eigenvalue weighted by Crippen LogP contribution is -2.16. The van der Waals surface area contributed by atoms with Crippen LogP contribution >= 0.6 is 11.3 Å². The second-order valence-corrected chi connectivity index (χ2v) is 5.98. The summed E-state index contributed by atoms with van der Waals surface area (Å²) in [5.41, 5.74) is 6.62. The zero-order valence-electron chi connectivity index (χ0n) is 12.0. The number of hydrogen-bond acceptors (Lipinski definition) is 6. The number of nitrogen functional groups attached to an aromatic ring is 1. The minimum atomic E-state index is -0.399. The van der Waals surface area contributed by atoms with Crippen LogP contribution in [-0.2, 0) is 9.53 Å². The molecule has 2 aromatic rings. The molecule has 0 radical (unpaired) electrons. The molecule has 0 saturated carbocycles. The molecule has 6 nitrogen and oxygen atoms in total. The molecule has 2 N–H and O–H groups in total. The van der Waals surface area contributed by atoms with Gasteiger partial charge in [-0.15, -0.1) is 11.3 Å². The highest BCUT2D eigenvalue weighted by molar-refractivity contribution is 7.16. The molecular weight excluding hydrogens is 302 g/mol. The first kappa shape index (κ1) is 14.3. The number of aromatic nitrogens is 2. The molecular formula is C15H13N3O3S. The second-order valence-electron chi connectivity index (χ2n) is 4.76. The Morgan fingerprint density at radius 2 is 2.14 bits per heavy atom. The van der Waals surface area contributed by atoms with E-state index in [1.54, 1.807) is 22.6 Å². The summed E-state index contributed by atoms with van der Waals surface area (Å²) < 4.78 is 6.68. The van der Waals surface area contributed by atoms with Crippen LogP contribution in [0.5, 0.6) is 0 Å². The van der Waals surface area contributed by atoms with E-state index >= 15 is 0 Å². The predicted molar refractivity (Wildman–Crippen MR) is 85.7 cm³/mol. The molecule has 0 saturated heterocycles. The molecule has 0 bridgehead atoms. The van der Waals surface area contributed by atoms with Crippen molar-refractivity contribution in [2.75, 3.05) is 12.8 Å². The number of ether oxygens (including phenoxy) is 1. The number of methoxy groups -OCH3 is 1. The van der Waals surface area contributed by atoms with Crippen LogP contribution in [0.4, 0.5) is 5.82 Å². The van der Waals surface area contributed by atoms with Crippen molar-refractivity contribution < 1.29 is 9.53 Å². The minimum absolute atomic E-state index is 0.216. The summed E-state index contributed by atoms with van der Waals surface area (Å²) in [5, 5.41) is 0. The Bertz CT molecular complexity index is 931. The summed E-state index contributed by atoms with van der Waals surface area (Å²) in [7, 11) is 1.42. The average molecular weight is 315 g/mol. The summed E-state index contributed by atoms with van der Waals surface area (Å²) in [5.74, 6) is 0.323. The number of hydrogen-bond donors (Lipinski definition) is 1. The summed E-state index contributed by atoms with van der Waals surface area (Å²) in [6, 6.07) is 0. The van der Waals surface area contributed by atoms with Crippen LogP contribution in [0, 0.1) is 6.92 Å². The Labute approximate surface area is 129 Å². The Balaban J connectivity index is 2.17. The summed E-state index contributed by atoms with van der Waals surface area (Å²) in [6.45, 7) is 1.92. The number of aryl methyl sites for hydroxylation is 1. The van der Waals surface area contributed by atoms with Crippen LogP contribution in [0.15, 0.2) is 40.6 Å². The number of fused-ring (bicyclic) bond motifs is 1. The second kappa shape index (κ2) is 5.27. The smallest absolute Gasteiger partial charge is 0.283 e. The summed E-state index contributed by atoms with van der Waals surface area (Å²) in [4.78, 5) is 29.3. The maximum atomic E-state index is 12.2. The van der Waals surface area contributed by atoms with Gasteiger partial charge in [0.2, 0.25) is 5.78 Å². The third kappa shape index (κ3) is 2.35. The van der Waals surface area contributed by atoms with Crippen molar-refractivity contribution in [3.63, 3.8) is 0 Å².